The number of carboxylic acid groups (broad SMARTS) is 1. The van der Waals surface area contributed by atoms with Crippen LogP contribution < -0.4 is 4.90 Å². The summed E-state index contributed by atoms with van der Waals surface area (Å²) in [6.45, 7) is 1.55. The summed E-state index contributed by atoms with van der Waals surface area (Å²) in [6.07, 6.45) is 1.69. The van der Waals surface area contributed by atoms with Crippen LogP contribution in [0.1, 0.15) is 30.3 Å². The normalized spacial score (nSPS) is 15.1. The molecule has 0 aliphatic heterocycles. The van der Waals surface area contributed by atoms with Gasteiger partial charge >= 0.3 is 5.97 Å². The van der Waals surface area contributed by atoms with Crippen molar-refractivity contribution in [2.24, 2.45) is 0 Å². The van der Waals surface area contributed by atoms with E-state index in [2.05, 4.69) is 4.98 Å². The van der Waals surface area contributed by atoms with Crippen LogP contribution in [-0.4, -0.2) is 53.0 Å². The van der Waals surface area contributed by atoms with Crippen molar-refractivity contribution >= 4 is 28.5 Å². The molecule has 0 saturated heterocycles. The average Bonchev–Trinajstić information content (AvgIpc) is 3.38. The van der Waals surface area contributed by atoms with Crippen molar-refractivity contribution < 1.29 is 14.7 Å². The molecule has 0 bridgehead atoms. The molecule has 1 aromatic heterocycles. The minimum atomic E-state index is -0.996. The SMILES string of the molecule is CC(C(=O)O)N(C(=O)c1cc(N(C)C)c2ccccc2n1)C1CC1. The van der Waals surface area contributed by atoms with Crippen molar-refractivity contribution in [3.05, 3.63) is 36.0 Å². The largest absolute Gasteiger partial charge is 0.480 e. The summed E-state index contributed by atoms with van der Waals surface area (Å²) in [4.78, 5) is 32.2. The van der Waals surface area contributed by atoms with E-state index in [9.17, 15) is 14.7 Å². The van der Waals surface area contributed by atoms with Gasteiger partial charge in [0, 0.05) is 31.2 Å². The second-order valence-electron chi connectivity index (χ2n) is 6.40. The van der Waals surface area contributed by atoms with Gasteiger partial charge in [0.1, 0.15) is 11.7 Å². The Morgan fingerprint density at radius 2 is 1.92 bits per heavy atom. The van der Waals surface area contributed by atoms with Crippen LogP contribution in [0.15, 0.2) is 30.3 Å². The van der Waals surface area contributed by atoms with Gasteiger partial charge in [0.05, 0.1) is 5.52 Å². The lowest BCUT2D eigenvalue weighted by Crippen LogP contribution is -2.45. The molecule has 24 heavy (non-hydrogen) atoms. The number of amides is 1. The van der Waals surface area contributed by atoms with Crippen molar-refractivity contribution in [3.8, 4) is 0 Å². The summed E-state index contributed by atoms with van der Waals surface area (Å²) in [5.74, 6) is -1.31. The molecule has 126 valence electrons. The molecule has 1 aliphatic rings. The molecule has 1 amide bonds. The summed E-state index contributed by atoms with van der Waals surface area (Å²) in [7, 11) is 3.82. The number of anilines is 1. The Morgan fingerprint density at radius 1 is 1.25 bits per heavy atom. The van der Waals surface area contributed by atoms with Crippen molar-refractivity contribution in [2.75, 3.05) is 19.0 Å². The van der Waals surface area contributed by atoms with Crippen LogP contribution in [0.5, 0.6) is 0 Å². The van der Waals surface area contributed by atoms with Crippen LogP contribution in [0.2, 0.25) is 0 Å². The van der Waals surface area contributed by atoms with Crippen molar-refractivity contribution in [1.29, 1.82) is 0 Å². The third kappa shape index (κ3) is 2.91. The highest BCUT2D eigenvalue weighted by atomic mass is 16.4. The quantitative estimate of drug-likeness (QED) is 0.913. The van der Waals surface area contributed by atoms with Crippen molar-refractivity contribution in [3.63, 3.8) is 0 Å². The molecule has 0 spiro atoms. The maximum Gasteiger partial charge on any atom is 0.326 e. The number of aliphatic carboxylic acids is 1. The predicted molar refractivity (Wildman–Crippen MR) is 92.4 cm³/mol. The molecule has 1 fully saturated rings. The fourth-order valence-electron chi connectivity index (χ4n) is 2.90. The van der Waals surface area contributed by atoms with Gasteiger partial charge in [-0.1, -0.05) is 18.2 Å². The van der Waals surface area contributed by atoms with E-state index in [0.717, 1.165) is 29.4 Å². The number of benzene rings is 1. The van der Waals surface area contributed by atoms with Gasteiger partial charge in [-0.3, -0.25) is 4.79 Å². The highest BCUT2D eigenvalue weighted by Gasteiger charge is 2.39. The topological polar surface area (TPSA) is 73.7 Å². The van der Waals surface area contributed by atoms with E-state index >= 15 is 0 Å². The molecule has 1 unspecified atom stereocenters. The number of carboxylic acids is 1. The van der Waals surface area contributed by atoms with Gasteiger partial charge in [-0.25, -0.2) is 9.78 Å². The Labute approximate surface area is 140 Å². The van der Waals surface area contributed by atoms with E-state index in [0.29, 0.717) is 0 Å². The predicted octanol–water partition coefficient (Wildman–Crippen LogP) is 2.38. The van der Waals surface area contributed by atoms with E-state index in [1.54, 1.807) is 13.0 Å². The Balaban J connectivity index is 2.07. The van der Waals surface area contributed by atoms with Gasteiger partial charge < -0.3 is 14.9 Å². The molecule has 1 N–H and O–H groups in total. The van der Waals surface area contributed by atoms with E-state index in [1.807, 2.05) is 43.3 Å². The summed E-state index contributed by atoms with van der Waals surface area (Å²) >= 11 is 0. The Hall–Kier alpha value is -2.63. The number of carbonyl (C=O) groups is 2. The number of rotatable bonds is 5. The maximum atomic E-state index is 13.0. The molecule has 3 rings (SSSR count). The minimum absolute atomic E-state index is 0.000300. The van der Waals surface area contributed by atoms with E-state index in [4.69, 9.17) is 0 Å². The summed E-state index contributed by atoms with van der Waals surface area (Å²) in [5.41, 5.74) is 1.91. The Kier molecular flexibility index (Phi) is 4.13. The Morgan fingerprint density at radius 3 is 2.50 bits per heavy atom. The Bertz CT molecular complexity index is 799. The molecule has 1 saturated carbocycles. The summed E-state index contributed by atoms with van der Waals surface area (Å²) in [6, 6.07) is 8.52. The third-order valence-electron chi connectivity index (χ3n) is 4.34. The van der Waals surface area contributed by atoms with Gasteiger partial charge in [-0.15, -0.1) is 0 Å². The first-order valence-corrected chi connectivity index (χ1v) is 8.02. The molecule has 0 radical (unpaired) electrons. The second kappa shape index (κ2) is 6.11. The van der Waals surface area contributed by atoms with E-state index in [1.165, 1.54) is 4.90 Å². The van der Waals surface area contributed by atoms with Gasteiger partial charge in [0.15, 0.2) is 0 Å². The average molecular weight is 327 g/mol. The van der Waals surface area contributed by atoms with Crippen LogP contribution in [0.3, 0.4) is 0 Å². The standard InChI is InChI=1S/C18H21N3O3/c1-11(18(23)24)21(12-8-9-12)17(22)15-10-16(20(2)3)13-6-4-5-7-14(13)19-15/h4-7,10-12H,8-9H2,1-3H3,(H,23,24). The van der Waals surface area contributed by atoms with Gasteiger partial charge in [-0.05, 0) is 31.9 Å². The van der Waals surface area contributed by atoms with Gasteiger partial charge in [0.25, 0.3) is 5.91 Å². The lowest BCUT2D eigenvalue weighted by molar-refractivity contribution is -0.141. The van der Waals surface area contributed by atoms with Crippen LogP contribution in [0, 0.1) is 0 Å². The fraction of sp³-hybridized carbons (Fsp3) is 0.389. The number of pyridine rings is 1. The molecule has 1 aromatic carbocycles. The van der Waals surface area contributed by atoms with Crippen LogP contribution >= 0.6 is 0 Å². The molecule has 6 heteroatoms. The van der Waals surface area contributed by atoms with Crippen LogP contribution in [0.25, 0.3) is 10.9 Å². The minimum Gasteiger partial charge on any atom is -0.480 e. The molecule has 6 nitrogen and oxygen atoms in total. The van der Waals surface area contributed by atoms with Crippen LogP contribution in [-0.2, 0) is 4.79 Å². The lowest BCUT2D eigenvalue weighted by Gasteiger charge is -2.26. The van der Waals surface area contributed by atoms with Crippen molar-refractivity contribution in [1.82, 2.24) is 9.88 Å². The smallest absolute Gasteiger partial charge is 0.326 e. The van der Waals surface area contributed by atoms with Gasteiger partial charge in [-0.2, -0.15) is 0 Å². The molecular formula is C18H21N3O3. The number of para-hydroxylation sites is 1. The highest BCUT2D eigenvalue weighted by Crippen LogP contribution is 2.32. The number of hydrogen-bond acceptors (Lipinski definition) is 4. The molecule has 1 aliphatic carbocycles. The van der Waals surface area contributed by atoms with E-state index < -0.39 is 12.0 Å². The number of carbonyl (C=O) groups excluding carboxylic acids is 1. The summed E-state index contributed by atoms with van der Waals surface area (Å²) in [5, 5.41) is 10.3. The summed E-state index contributed by atoms with van der Waals surface area (Å²) < 4.78 is 0. The maximum absolute atomic E-state index is 13.0. The zero-order chi connectivity index (χ0) is 17.4. The van der Waals surface area contributed by atoms with Crippen LogP contribution in [0.4, 0.5) is 5.69 Å². The lowest BCUT2D eigenvalue weighted by atomic mass is 10.1. The number of nitrogens with zero attached hydrogens (tertiary/aromatic N) is 3. The highest BCUT2D eigenvalue weighted by molar-refractivity contribution is 6.01. The molecule has 1 heterocycles. The number of hydrogen-bond donors (Lipinski definition) is 1. The first kappa shape index (κ1) is 16.2. The molecule has 2 aromatic rings. The zero-order valence-electron chi connectivity index (χ0n) is 14.1. The first-order valence-electron chi connectivity index (χ1n) is 8.02. The number of aromatic nitrogens is 1. The first-order chi connectivity index (χ1) is 11.4. The monoisotopic (exact) mass is 327 g/mol. The second-order valence-corrected chi connectivity index (χ2v) is 6.40. The molecular weight excluding hydrogens is 306 g/mol. The fourth-order valence-corrected chi connectivity index (χ4v) is 2.90. The van der Waals surface area contributed by atoms with Crippen molar-refractivity contribution in [2.45, 2.75) is 31.8 Å². The molecule has 1 atom stereocenters. The zero-order valence-corrected chi connectivity index (χ0v) is 14.1. The van der Waals surface area contributed by atoms with Gasteiger partial charge in [0.2, 0.25) is 0 Å². The van der Waals surface area contributed by atoms with E-state index in [-0.39, 0.29) is 17.6 Å². The third-order valence-corrected chi connectivity index (χ3v) is 4.34. The number of fused-ring (bicyclic) bond motifs is 1.